The minimum atomic E-state index is -4.65. The van der Waals surface area contributed by atoms with Gasteiger partial charge in [-0.05, 0) is 69.6 Å². The number of fused-ring (bicyclic) bond motifs is 1. The Morgan fingerprint density at radius 3 is 2.35 bits per heavy atom. The number of nitrogens with zero attached hydrogens (tertiary/aromatic N) is 2. The lowest BCUT2D eigenvalue weighted by Crippen LogP contribution is -2.54. The minimum Gasteiger partial charge on any atom is -0.444 e. The van der Waals surface area contributed by atoms with Gasteiger partial charge in [0, 0.05) is 26.2 Å². The second-order valence-electron chi connectivity index (χ2n) is 11.2. The Kier molecular flexibility index (Phi) is 8.24. The largest absolute Gasteiger partial charge is 0.444 e. The molecule has 1 saturated carbocycles. The Morgan fingerprint density at radius 1 is 1.14 bits per heavy atom. The van der Waals surface area contributed by atoms with Crippen LogP contribution in [0.15, 0.2) is 29.2 Å². The molecule has 4 atom stereocenters. The summed E-state index contributed by atoms with van der Waals surface area (Å²) in [7, 11) is -2.63. The van der Waals surface area contributed by atoms with Crippen molar-refractivity contribution in [2.75, 3.05) is 20.1 Å². The summed E-state index contributed by atoms with van der Waals surface area (Å²) in [6.45, 7) is 9.13. The number of carbonyl (C=O) groups excluding carboxylic acids is 2. The second kappa shape index (κ2) is 10.4. The summed E-state index contributed by atoms with van der Waals surface area (Å²) >= 11 is 0. The molecule has 1 aliphatic carbocycles. The van der Waals surface area contributed by atoms with Gasteiger partial charge in [-0.1, -0.05) is 19.9 Å². The molecule has 1 heterocycles. The van der Waals surface area contributed by atoms with Gasteiger partial charge >= 0.3 is 12.3 Å². The molecule has 8 nitrogen and oxygen atoms in total. The molecule has 1 aromatic carbocycles. The van der Waals surface area contributed by atoms with E-state index in [-0.39, 0.29) is 42.8 Å². The van der Waals surface area contributed by atoms with Gasteiger partial charge in [-0.15, -0.1) is 0 Å². The zero-order valence-electron chi connectivity index (χ0n) is 22.0. The normalized spacial score (nSPS) is 23.6. The Bertz CT molecular complexity index is 1120. The van der Waals surface area contributed by atoms with Crippen LogP contribution in [-0.2, 0) is 25.7 Å². The molecular formula is C25H36F3N3O5S. The molecule has 2 amide bonds. The number of amides is 2. The first-order valence-corrected chi connectivity index (χ1v) is 13.8. The molecule has 208 valence electrons. The Labute approximate surface area is 216 Å². The van der Waals surface area contributed by atoms with Crippen LogP contribution in [-0.4, -0.2) is 67.4 Å². The number of nitrogens with one attached hydrogen (secondary N) is 1. The standard InChI is InChI=1S/C25H36F3N3O5S/c1-15(2)21(30(6)23(33)36-24(3,4)5)22(32)29-20-11-10-16-13-31(14-19(16)20)37(34,35)18-9-7-8-17(12-18)25(26,27)28/h7-9,12,15-16,19-21H,10-11,13-14H2,1-6H3,(H,29,32)/t16-,19+,20+,21-/m0/s1. The SMILES string of the molecule is CC(C)[C@@H](C(=O)N[C@@H]1CC[C@H]2CN(S(=O)(=O)c3cccc(C(F)(F)F)c3)C[C@H]21)N(C)C(=O)OC(C)(C)C. The molecule has 1 N–H and O–H groups in total. The zero-order valence-corrected chi connectivity index (χ0v) is 22.8. The van der Waals surface area contributed by atoms with E-state index in [0.717, 1.165) is 18.2 Å². The molecule has 1 saturated heterocycles. The van der Waals surface area contributed by atoms with Crippen LogP contribution in [0, 0.1) is 17.8 Å². The van der Waals surface area contributed by atoms with Crippen LogP contribution in [0.3, 0.4) is 0 Å². The van der Waals surface area contributed by atoms with Gasteiger partial charge in [-0.2, -0.15) is 17.5 Å². The van der Waals surface area contributed by atoms with Crippen molar-refractivity contribution in [2.45, 2.75) is 76.2 Å². The molecule has 0 radical (unpaired) electrons. The van der Waals surface area contributed by atoms with Crippen molar-refractivity contribution < 1.29 is 35.9 Å². The lowest BCUT2D eigenvalue weighted by molar-refractivity contribution is -0.137. The summed E-state index contributed by atoms with van der Waals surface area (Å²) in [6.07, 6.45) is -3.94. The molecule has 2 fully saturated rings. The van der Waals surface area contributed by atoms with Gasteiger partial charge in [-0.25, -0.2) is 13.2 Å². The predicted molar refractivity (Wildman–Crippen MR) is 131 cm³/mol. The van der Waals surface area contributed by atoms with E-state index in [2.05, 4.69) is 5.32 Å². The van der Waals surface area contributed by atoms with Gasteiger partial charge < -0.3 is 10.1 Å². The highest BCUT2D eigenvalue weighted by Gasteiger charge is 2.48. The van der Waals surface area contributed by atoms with Gasteiger partial charge in [-0.3, -0.25) is 9.69 Å². The quantitative estimate of drug-likeness (QED) is 0.578. The van der Waals surface area contributed by atoms with E-state index in [1.807, 2.05) is 13.8 Å². The number of rotatable bonds is 6. The van der Waals surface area contributed by atoms with Crippen LogP contribution < -0.4 is 5.32 Å². The van der Waals surface area contributed by atoms with Crippen molar-refractivity contribution in [1.29, 1.82) is 0 Å². The van der Waals surface area contributed by atoms with Gasteiger partial charge in [0.2, 0.25) is 15.9 Å². The van der Waals surface area contributed by atoms with Crippen LogP contribution in [0.2, 0.25) is 0 Å². The van der Waals surface area contributed by atoms with Crippen LogP contribution in [0.4, 0.5) is 18.0 Å². The van der Waals surface area contributed by atoms with E-state index in [1.165, 1.54) is 16.3 Å². The number of benzene rings is 1. The summed E-state index contributed by atoms with van der Waals surface area (Å²) in [5, 5.41) is 3.01. The Morgan fingerprint density at radius 2 is 1.78 bits per heavy atom. The van der Waals surface area contributed by atoms with Crippen molar-refractivity contribution in [3.63, 3.8) is 0 Å². The third-order valence-electron chi connectivity index (χ3n) is 6.95. The molecule has 2 aliphatic rings. The first-order chi connectivity index (χ1) is 16.9. The average molecular weight is 548 g/mol. The van der Waals surface area contributed by atoms with E-state index >= 15 is 0 Å². The van der Waals surface area contributed by atoms with Crippen molar-refractivity contribution in [3.05, 3.63) is 29.8 Å². The molecule has 37 heavy (non-hydrogen) atoms. The molecule has 0 bridgehead atoms. The average Bonchev–Trinajstić information content (AvgIpc) is 3.34. The zero-order chi connectivity index (χ0) is 27.9. The van der Waals surface area contributed by atoms with Crippen molar-refractivity contribution in [1.82, 2.24) is 14.5 Å². The maximum atomic E-state index is 13.3. The van der Waals surface area contributed by atoms with Crippen LogP contribution in [0.1, 0.15) is 53.0 Å². The van der Waals surface area contributed by atoms with Gasteiger partial charge in [0.25, 0.3) is 0 Å². The van der Waals surface area contributed by atoms with Gasteiger partial charge in [0.05, 0.1) is 10.5 Å². The number of carbonyl (C=O) groups is 2. The van der Waals surface area contributed by atoms with Crippen molar-refractivity contribution in [3.8, 4) is 0 Å². The molecule has 0 spiro atoms. The van der Waals surface area contributed by atoms with E-state index < -0.39 is 44.4 Å². The fourth-order valence-electron chi connectivity index (χ4n) is 5.22. The molecule has 0 aromatic heterocycles. The molecular weight excluding hydrogens is 511 g/mol. The summed E-state index contributed by atoms with van der Waals surface area (Å²) < 4.78 is 72.3. The maximum Gasteiger partial charge on any atom is 0.416 e. The van der Waals surface area contributed by atoms with E-state index in [4.69, 9.17) is 4.74 Å². The lowest BCUT2D eigenvalue weighted by atomic mass is 9.96. The first-order valence-electron chi connectivity index (χ1n) is 12.4. The summed E-state index contributed by atoms with van der Waals surface area (Å²) in [5.74, 6) is -0.764. The number of hydrogen-bond donors (Lipinski definition) is 1. The molecule has 12 heteroatoms. The number of alkyl halides is 3. The Balaban J connectivity index is 1.72. The topological polar surface area (TPSA) is 96.0 Å². The van der Waals surface area contributed by atoms with Crippen molar-refractivity contribution in [2.24, 2.45) is 17.8 Å². The highest BCUT2D eigenvalue weighted by Crippen LogP contribution is 2.41. The fraction of sp³-hybridized carbons (Fsp3) is 0.680. The maximum absolute atomic E-state index is 13.3. The fourth-order valence-corrected chi connectivity index (χ4v) is 6.80. The number of ether oxygens (including phenoxy) is 1. The number of sulfonamides is 1. The third-order valence-corrected chi connectivity index (χ3v) is 8.78. The monoisotopic (exact) mass is 547 g/mol. The van der Waals surface area contributed by atoms with Crippen LogP contribution >= 0.6 is 0 Å². The molecule has 3 rings (SSSR count). The Hall–Kier alpha value is -2.34. The minimum absolute atomic E-state index is 0.0213. The molecule has 1 aromatic rings. The summed E-state index contributed by atoms with van der Waals surface area (Å²) in [6, 6.07) is 2.64. The summed E-state index contributed by atoms with van der Waals surface area (Å²) in [4.78, 5) is 26.7. The molecule has 1 aliphatic heterocycles. The van der Waals surface area contributed by atoms with Gasteiger partial charge in [0.1, 0.15) is 11.6 Å². The number of halogens is 3. The second-order valence-corrected chi connectivity index (χ2v) is 13.2. The number of likely N-dealkylation sites (N-methyl/N-ethyl adjacent to an activating group) is 1. The lowest BCUT2D eigenvalue weighted by Gasteiger charge is -2.33. The predicted octanol–water partition coefficient (Wildman–Crippen LogP) is 4.11. The molecule has 0 unspecified atom stereocenters. The van der Waals surface area contributed by atoms with E-state index in [0.29, 0.717) is 18.9 Å². The number of hydrogen-bond acceptors (Lipinski definition) is 5. The van der Waals surface area contributed by atoms with Crippen LogP contribution in [0.5, 0.6) is 0 Å². The van der Waals surface area contributed by atoms with E-state index in [9.17, 15) is 31.2 Å². The highest BCUT2D eigenvalue weighted by atomic mass is 32.2. The van der Waals surface area contributed by atoms with Crippen LogP contribution in [0.25, 0.3) is 0 Å². The van der Waals surface area contributed by atoms with E-state index in [1.54, 1.807) is 20.8 Å². The van der Waals surface area contributed by atoms with Crippen molar-refractivity contribution >= 4 is 22.0 Å². The smallest absolute Gasteiger partial charge is 0.416 e. The summed E-state index contributed by atoms with van der Waals surface area (Å²) in [5.41, 5.74) is -1.74. The highest BCUT2D eigenvalue weighted by molar-refractivity contribution is 7.89. The first kappa shape index (κ1) is 29.2. The third kappa shape index (κ3) is 6.57. The van der Waals surface area contributed by atoms with Gasteiger partial charge in [0.15, 0.2) is 0 Å².